The van der Waals surface area contributed by atoms with E-state index >= 15 is 0 Å². The molecule has 3 N–H and O–H groups in total. The molecule has 1 aliphatic heterocycles. The van der Waals surface area contributed by atoms with Crippen molar-refractivity contribution in [2.24, 2.45) is 0 Å². The topological polar surface area (TPSA) is 130 Å². The Morgan fingerprint density at radius 1 is 1.37 bits per heavy atom. The van der Waals surface area contributed by atoms with Gasteiger partial charge in [0.05, 0.1) is 0 Å². The summed E-state index contributed by atoms with van der Waals surface area (Å²) in [5, 5.41) is 12.0. The van der Waals surface area contributed by atoms with E-state index in [-0.39, 0.29) is 31.2 Å². The number of fused-ring (bicyclic) bond motifs is 1. The molecule has 0 saturated heterocycles. The molecule has 0 bridgehead atoms. The third kappa shape index (κ3) is 3.80. The minimum Gasteiger partial charge on any atom is -0.454 e. The zero-order valence-corrected chi connectivity index (χ0v) is 17.7. The van der Waals surface area contributed by atoms with Crippen LogP contribution in [-0.4, -0.2) is 44.9 Å². The Balaban J connectivity index is 1.61. The predicted octanol–water partition coefficient (Wildman–Crippen LogP) is 2.55. The Kier molecular flexibility index (Phi) is 5.53. The number of anilines is 1. The van der Waals surface area contributed by atoms with E-state index in [1.165, 1.54) is 16.4 Å². The number of nitrogens with one attached hydrogen (secondary N) is 1. The zero-order chi connectivity index (χ0) is 21.3. The Morgan fingerprint density at radius 2 is 2.17 bits per heavy atom. The summed E-state index contributed by atoms with van der Waals surface area (Å²) in [6.07, 6.45) is 2.70. The van der Waals surface area contributed by atoms with Crippen molar-refractivity contribution in [3.05, 3.63) is 18.2 Å². The van der Waals surface area contributed by atoms with Crippen LogP contribution in [0.3, 0.4) is 0 Å². The molecule has 0 radical (unpaired) electrons. The summed E-state index contributed by atoms with van der Waals surface area (Å²) in [6.45, 7) is 4.14. The number of nitrogens with two attached hydrogens (primary N) is 1. The maximum Gasteiger partial charge on any atom is 0.264 e. The van der Waals surface area contributed by atoms with Crippen LogP contribution in [0, 0.1) is 0 Å². The van der Waals surface area contributed by atoms with Crippen molar-refractivity contribution >= 4 is 23.5 Å². The fraction of sp³-hybridized carbons (Fsp3) is 0.368. The molecule has 10 nitrogen and oxygen atoms in total. The SMILES string of the molecule is CCC(C)NC(=O)Cn1nc(SC)c(-c2nc(-c3ccc4c(c3)OCO4)no2)c1N. The molecule has 0 fully saturated rings. The zero-order valence-electron chi connectivity index (χ0n) is 16.8. The minimum atomic E-state index is -0.163. The highest BCUT2D eigenvalue weighted by molar-refractivity contribution is 7.98. The number of carbonyl (C=O) groups excluding carboxylic acids is 1. The van der Waals surface area contributed by atoms with Gasteiger partial charge >= 0.3 is 0 Å². The summed E-state index contributed by atoms with van der Waals surface area (Å²) in [6, 6.07) is 5.49. The molecule has 1 aliphatic rings. The number of amides is 1. The van der Waals surface area contributed by atoms with Crippen LogP contribution in [0.1, 0.15) is 20.3 Å². The van der Waals surface area contributed by atoms with Crippen LogP contribution in [0.2, 0.25) is 0 Å². The lowest BCUT2D eigenvalue weighted by Gasteiger charge is -2.11. The van der Waals surface area contributed by atoms with Gasteiger partial charge in [0, 0.05) is 11.6 Å². The summed E-state index contributed by atoms with van der Waals surface area (Å²) in [4.78, 5) is 16.7. The molecule has 1 aromatic carbocycles. The van der Waals surface area contributed by atoms with Crippen molar-refractivity contribution in [2.75, 3.05) is 18.8 Å². The number of nitrogen functional groups attached to an aromatic ring is 1. The first-order valence-electron chi connectivity index (χ1n) is 9.43. The highest BCUT2D eigenvalue weighted by Crippen LogP contribution is 2.37. The van der Waals surface area contributed by atoms with Crippen LogP contribution in [-0.2, 0) is 11.3 Å². The number of nitrogens with zero attached hydrogens (tertiary/aromatic N) is 4. The number of aromatic nitrogens is 4. The lowest BCUT2D eigenvalue weighted by molar-refractivity contribution is -0.122. The molecule has 11 heteroatoms. The summed E-state index contributed by atoms with van der Waals surface area (Å²) in [5.74, 6) is 2.05. The lowest BCUT2D eigenvalue weighted by Crippen LogP contribution is -2.35. The monoisotopic (exact) mass is 430 g/mol. The van der Waals surface area contributed by atoms with Crippen LogP contribution in [0.4, 0.5) is 5.82 Å². The lowest BCUT2D eigenvalue weighted by atomic mass is 10.2. The van der Waals surface area contributed by atoms with Crippen LogP contribution in [0.15, 0.2) is 27.7 Å². The molecule has 0 spiro atoms. The summed E-state index contributed by atoms with van der Waals surface area (Å²) in [7, 11) is 0. The quantitative estimate of drug-likeness (QED) is 0.543. The molecule has 1 amide bonds. The van der Waals surface area contributed by atoms with Crippen LogP contribution < -0.4 is 20.5 Å². The summed E-state index contributed by atoms with van der Waals surface area (Å²) in [5.41, 5.74) is 7.52. The maximum atomic E-state index is 12.3. The first kappa shape index (κ1) is 20.1. The number of ether oxygens (including phenoxy) is 2. The Bertz CT molecular complexity index is 1080. The molecular weight excluding hydrogens is 408 g/mol. The van der Waals surface area contributed by atoms with Gasteiger partial charge in [-0.15, -0.1) is 11.8 Å². The Hall–Kier alpha value is -3.21. The number of hydrogen-bond donors (Lipinski definition) is 2. The molecule has 3 aromatic rings. The third-order valence-corrected chi connectivity index (χ3v) is 5.41. The van der Waals surface area contributed by atoms with E-state index in [0.717, 1.165) is 12.0 Å². The maximum absolute atomic E-state index is 12.3. The van der Waals surface area contributed by atoms with Gasteiger partial charge in [0.1, 0.15) is 23.0 Å². The van der Waals surface area contributed by atoms with Crippen molar-refractivity contribution in [3.63, 3.8) is 0 Å². The van der Waals surface area contributed by atoms with E-state index in [4.69, 9.17) is 19.7 Å². The smallest absolute Gasteiger partial charge is 0.264 e. The molecule has 158 valence electrons. The molecular formula is C19H22N6O4S. The van der Waals surface area contributed by atoms with Gasteiger partial charge in [-0.1, -0.05) is 12.1 Å². The normalized spacial score (nSPS) is 13.4. The van der Waals surface area contributed by atoms with E-state index < -0.39 is 0 Å². The number of thioether (sulfide) groups is 1. The number of hydrogen-bond acceptors (Lipinski definition) is 9. The number of rotatable bonds is 7. The fourth-order valence-corrected chi connectivity index (χ4v) is 3.53. The fourth-order valence-electron chi connectivity index (χ4n) is 2.95. The molecule has 4 rings (SSSR count). The second-order valence-electron chi connectivity index (χ2n) is 6.80. The first-order chi connectivity index (χ1) is 14.5. The van der Waals surface area contributed by atoms with Gasteiger partial charge in [-0.25, -0.2) is 4.68 Å². The molecule has 1 atom stereocenters. The second-order valence-corrected chi connectivity index (χ2v) is 7.59. The van der Waals surface area contributed by atoms with Crippen molar-refractivity contribution in [1.29, 1.82) is 0 Å². The highest BCUT2D eigenvalue weighted by atomic mass is 32.2. The van der Waals surface area contributed by atoms with Crippen molar-refractivity contribution in [3.8, 4) is 34.3 Å². The van der Waals surface area contributed by atoms with Gasteiger partial charge in [-0.2, -0.15) is 10.1 Å². The van der Waals surface area contributed by atoms with Gasteiger partial charge < -0.3 is 25.0 Å². The largest absolute Gasteiger partial charge is 0.454 e. The third-order valence-electron chi connectivity index (χ3n) is 4.74. The van der Waals surface area contributed by atoms with Crippen molar-refractivity contribution in [1.82, 2.24) is 25.2 Å². The average molecular weight is 430 g/mol. The van der Waals surface area contributed by atoms with Crippen LogP contribution in [0.25, 0.3) is 22.8 Å². The van der Waals surface area contributed by atoms with Crippen LogP contribution in [0.5, 0.6) is 11.5 Å². The van der Waals surface area contributed by atoms with Crippen LogP contribution >= 0.6 is 11.8 Å². The van der Waals surface area contributed by atoms with E-state index in [1.807, 2.05) is 26.2 Å². The van der Waals surface area contributed by atoms with Gasteiger partial charge in [-0.3, -0.25) is 4.79 Å². The van der Waals surface area contributed by atoms with Crippen molar-refractivity contribution in [2.45, 2.75) is 37.9 Å². The molecule has 0 saturated carbocycles. The van der Waals surface area contributed by atoms with E-state index in [1.54, 1.807) is 12.1 Å². The summed E-state index contributed by atoms with van der Waals surface area (Å²) < 4.78 is 17.6. The number of benzene rings is 1. The van der Waals surface area contributed by atoms with Gasteiger partial charge in [0.25, 0.3) is 5.89 Å². The molecule has 30 heavy (non-hydrogen) atoms. The van der Waals surface area contributed by atoms with E-state index in [0.29, 0.717) is 33.7 Å². The second kappa shape index (κ2) is 8.27. The molecule has 0 aliphatic carbocycles. The Morgan fingerprint density at radius 3 is 2.93 bits per heavy atom. The number of carbonyl (C=O) groups is 1. The van der Waals surface area contributed by atoms with Gasteiger partial charge in [0.2, 0.25) is 18.5 Å². The van der Waals surface area contributed by atoms with Gasteiger partial charge in [0.15, 0.2) is 11.5 Å². The highest BCUT2D eigenvalue weighted by Gasteiger charge is 2.24. The first-order valence-corrected chi connectivity index (χ1v) is 10.7. The van der Waals surface area contributed by atoms with E-state index in [9.17, 15) is 4.79 Å². The average Bonchev–Trinajstić information content (AvgIpc) is 3.46. The molecule has 2 aromatic heterocycles. The predicted molar refractivity (Wildman–Crippen MR) is 111 cm³/mol. The van der Waals surface area contributed by atoms with E-state index in [2.05, 4.69) is 20.6 Å². The molecule has 3 heterocycles. The minimum absolute atomic E-state index is 0.00683. The summed E-state index contributed by atoms with van der Waals surface area (Å²) >= 11 is 1.38. The standard InChI is InChI=1S/C19H22N6O4S/c1-4-10(2)21-14(26)8-25-16(20)15(19(23-25)30-3)18-22-17(24-29-18)11-5-6-12-13(7-11)28-9-27-12/h5-7,10H,4,8-9,20H2,1-3H3,(H,21,26). The Labute approximate surface area is 177 Å². The van der Waals surface area contributed by atoms with Gasteiger partial charge in [-0.05, 0) is 37.8 Å². The van der Waals surface area contributed by atoms with Crippen molar-refractivity contribution < 1.29 is 18.8 Å². The molecule has 1 unspecified atom stereocenters.